The van der Waals surface area contributed by atoms with Crippen LogP contribution in [0.4, 0.5) is 0 Å². The Balaban J connectivity index is 1.98. The van der Waals surface area contributed by atoms with E-state index in [1.807, 2.05) is 18.2 Å². The molecule has 1 aromatic carbocycles. The summed E-state index contributed by atoms with van der Waals surface area (Å²) in [6.07, 6.45) is 8.34. The van der Waals surface area contributed by atoms with E-state index in [1.54, 1.807) is 0 Å². The van der Waals surface area contributed by atoms with Crippen molar-refractivity contribution in [3.05, 3.63) is 54.5 Å². The standard InChI is InChI=1S/C12H14N2/c1-13-9-10-14(11-13)8-7-12-5-3-2-4-6-12/h2-10H,11H2,1H3. The number of nitrogens with zero attached hydrogens (tertiary/aromatic N) is 2. The topological polar surface area (TPSA) is 6.48 Å². The van der Waals surface area contributed by atoms with E-state index in [2.05, 4.69) is 53.7 Å². The third kappa shape index (κ3) is 2.16. The van der Waals surface area contributed by atoms with E-state index in [9.17, 15) is 0 Å². The summed E-state index contributed by atoms with van der Waals surface area (Å²) in [7, 11) is 2.06. The van der Waals surface area contributed by atoms with Crippen LogP contribution in [0.1, 0.15) is 5.56 Å². The van der Waals surface area contributed by atoms with Crippen LogP contribution in [0.2, 0.25) is 0 Å². The molecule has 0 spiro atoms. The Morgan fingerprint density at radius 2 is 1.93 bits per heavy atom. The van der Waals surface area contributed by atoms with Crippen molar-refractivity contribution in [3.8, 4) is 0 Å². The molecular weight excluding hydrogens is 172 g/mol. The molecule has 1 aromatic rings. The van der Waals surface area contributed by atoms with E-state index < -0.39 is 0 Å². The SMILES string of the molecule is CN1C=CN(C=Cc2ccccc2)C1. The summed E-state index contributed by atoms with van der Waals surface area (Å²) in [5, 5.41) is 0. The molecule has 0 bridgehead atoms. The van der Waals surface area contributed by atoms with Gasteiger partial charge in [-0.3, -0.25) is 0 Å². The molecule has 0 amide bonds. The van der Waals surface area contributed by atoms with Crippen LogP contribution < -0.4 is 0 Å². The second-order valence-corrected chi connectivity index (χ2v) is 3.44. The van der Waals surface area contributed by atoms with Crippen LogP contribution in [0.3, 0.4) is 0 Å². The van der Waals surface area contributed by atoms with E-state index in [4.69, 9.17) is 0 Å². The maximum Gasteiger partial charge on any atom is 0.0933 e. The maximum absolute atomic E-state index is 2.15. The first-order valence-electron chi connectivity index (χ1n) is 4.72. The summed E-state index contributed by atoms with van der Waals surface area (Å²) < 4.78 is 0. The second-order valence-electron chi connectivity index (χ2n) is 3.44. The van der Waals surface area contributed by atoms with Crippen molar-refractivity contribution >= 4 is 6.08 Å². The molecule has 72 valence electrons. The highest BCUT2D eigenvalue weighted by Crippen LogP contribution is 2.07. The third-order valence-electron chi connectivity index (χ3n) is 2.16. The van der Waals surface area contributed by atoms with Crippen molar-refractivity contribution < 1.29 is 0 Å². The second kappa shape index (κ2) is 4.01. The number of hydrogen-bond donors (Lipinski definition) is 0. The first-order valence-corrected chi connectivity index (χ1v) is 4.72. The summed E-state index contributed by atoms with van der Waals surface area (Å²) in [4.78, 5) is 4.28. The van der Waals surface area contributed by atoms with Crippen LogP contribution in [-0.4, -0.2) is 23.5 Å². The number of benzene rings is 1. The zero-order valence-corrected chi connectivity index (χ0v) is 8.30. The molecule has 0 aromatic heterocycles. The van der Waals surface area contributed by atoms with Crippen molar-refractivity contribution in [2.75, 3.05) is 13.7 Å². The van der Waals surface area contributed by atoms with Gasteiger partial charge in [-0.15, -0.1) is 0 Å². The lowest BCUT2D eigenvalue weighted by atomic mass is 10.2. The highest BCUT2D eigenvalue weighted by molar-refractivity contribution is 5.48. The molecule has 0 saturated carbocycles. The molecule has 0 fully saturated rings. The molecular formula is C12H14N2. The number of rotatable bonds is 2. The lowest BCUT2D eigenvalue weighted by molar-refractivity contribution is 0.365. The fourth-order valence-corrected chi connectivity index (χ4v) is 1.39. The molecule has 2 nitrogen and oxygen atoms in total. The van der Waals surface area contributed by atoms with Crippen molar-refractivity contribution in [3.63, 3.8) is 0 Å². The zero-order valence-electron chi connectivity index (χ0n) is 8.30. The molecule has 2 heteroatoms. The fourth-order valence-electron chi connectivity index (χ4n) is 1.39. The van der Waals surface area contributed by atoms with Gasteiger partial charge in [0.1, 0.15) is 0 Å². The minimum absolute atomic E-state index is 0.934. The van der Waals surface area contributed by atoms with Crippen molar-refractivity contribution in [2.45, 2.75) is 0 Å². The summed E-state index contributed by atoms with van der Waals surface area (Å²) in [5.41, 5.74) is 1.23. The monoisotopic (exact) mass is 186 g/mol. The summed E-state index contributed by atoms with van der Waals surface area (Å²) in [6.45, 7) is 0.934. The normalized spacial score (nSPS) is 15.8. The largest absolute Gasteiger partial charge is 0.361 e. The average Bonchev–Trinajstić information content (AvgIpc) is 2.63. The van der Waals surface area contributed by atoms with Gasteiger partial charge in [0.05, 0.1) is 6.67 Å². The third-order valence-corrected chi connectivity index (χ3v) is 2.16. The molecule has 1 aliphatic heterocycles. The molecule has 0 aliphatic carbocycles. The minimum atomic E-state index is 0.934. The van der Waals surface area contributed by atoms with Gasteiger partial charge in [-0.25, -0.2) is 0 Å². The van der Waals surface area contributed by atoms with Gasteiger partial charge in [0.25, 0.3) is 0 Å². The molecule has 0 saturated heterocycles. The predicted molar refractivity (Wildman–Crippen MR) is 59.1 cm³/mol. The summed E-state index contributed by atoms with van der Waals surface area (Å²) in [5.74, 6) is 0. The smallest absolute Gasteiger partial charge is 0.0933 e. The minimum Gasteiger partial charge on any atom is -0.361 e. The highest BCUT2D eigenvalue weighted by Gasteiger charge is 2.03. The van der Waals surface area contributed by atoms with E-state index in [0.29, 0.717) is 0 Å². The molecule has 14 heavy (non-hydrogen) atoms. The van der Waals surface area contributed by atoms with E-state index in [-0.39, 0.29) is 0 Å². The average molecular weight is 186 g/mol. The Labute approximate surface area is 84.8 Å². The zero-order chi connectivity index (χ0) is 9.80. The predicted octanol–water partition coefficient (Wildman–Crippen LogP) is 2.33. The molecule has 2 rings (SSSR count). The Morgan fingerprint density at radius 3 is 2.57 bits per heavy atom. The van der Waals surface area contributed by atoms with E-state index in [0.717, 1.165) is 6.67 Å². The lowest BCUT2D eigenvalue weighted by Crippen LogP contribution is -2.17. The van der Waals surface area contributed by atoms with Crippen LogP contribution >= 0.6 is 0 Å². The van der Waals surface area contributed by atoms with E-state index >= 15 is 0 Å². The Hall–Kier alpha value is -1.70. The van der Waals surface area contributed by atoms with Crippen LogP contribution in [-0.2, 0) is 0 Å². The van der Waals surface area contributed by atoms with Gasteiger partial charge in [0, 0.05) is 25.6 Å². The van der Waals surface area contributed by atoms with Gasteiger partial charge in [-0.2, -0.15) is 0 Å². The summed E-state index contributed by atoms with van der Waals surface area (Å²) >= 11 is 0. The van der Waals surface area contributed by atoms with Crippen molar-refractivity contribution in [1.82, 2.24) is 9.80 Å². The molecule has 1 heterocycles. The van der Waals surface area contributed by atoms with Gasteiger partial charge >= 0.3 is 0 Å². The van der Waals surface area contributed by atoms with E-state index in [1.165, 1.54) is 5.56 Å². The first-order chi connectivity index (χ1) is 6.84. The molecule has 0 N–H and O–H groups in total. The number of hydrogen-bond acceptors (Lipinski definition) is 2. The fraction of sp³-hybridized carbons (Fsp3) is 0.167. The Kier molecular flexibility index (Phi) is 2.54. The van der Waals surface area contributed by atoms with Gasteiger partial charge < -0.3 is 9.80 Å². The van der Waals surface area contributed by atoms with Crippen LogP contribution in [0, 0.1) is 0 Å². The van der Waals surface area contributed by atoms with Crippen LogP contribution in [0.15, 0.2) is 48.9 Å². The van der Waals surface area contributed by atoms with Gasteiger partial charge in [0.15, 0.2) is 0 Å². The molecule has 0 radical (unpaired) electrons. The quantitative estimate of drug-likeness (QED) is 0.699. The molecule has 0 atom stereocenters. The van der Waals surface area contributed by atoms with Crippen molar-refractivity contribution in [2.24, 2.45) is 0 Å². The Morgan fingerprint density at radius 1 is 1.14 bits per heavy atom. The van der Waals surface area contributed by atoms with Gasteiger partial charge in [-0.1, -0.05) is 30.3 Å². The summed E-state index contributed by atoms with van der Waals surface area (Å²) in [6, 6.07) is 10.3. The van der Waals surface area contributed by atoms with Crippen molar-refractivity contribution in [1.29, 1.82) is 0 Å². The first kappa shape index (κ1) is 8.88. The molecule has 1 aliphatic rings. The van der Waals surface area contributed by atoms with Gasteiger partial charge in [0.2, 0.25) is 0 Å². The van der Waals surface area contributed by atoms with Crippen LogP contribution in [0.25, 0.3) is 6.08 Å². The highest BCUT2D eigenvalue weighted by atomic mass is 15.3. The van der Waals surface area contributed by atoms with Gasteiger partial charge in [-0.05, 0) is 11.6 Å². The Bertz CT molecular complexity index is 341. The van der Waals surface area contributed by atoms with Crippen LogP contribution in [0.5, 0.6) is 0 Å². The molecule has 0 unspecified atom stereocenters. The lowest BCUT2D eigenvalue weighted by Gasteiger charge is -2.12. The maximum atomic E-state index is 2.15.